The Kier molecular flexibility index (Phi) is 5.22. The van der Waals surface area contributed by atoms with Crippen LogP contribution in [0.25, 0.3) is 11.6 Å². The number of aryl methyl sites for hydroxylation is 1. The van der Waals surface area contributed by atoms with Crippen molar-refractivity contribution in [1.82, 2.24) is 14.8 Å². The first kappa shape index (κ1) is 19.7. The van der Waals surface area contributed by atoms with Crippen LogP contribution in [-0.4, -0.2) is 47.5 Å². The smallest absolute Gasteiger partial charge is 0.232 e. The van der Waals surface area contributed by atoms with Gasteiger partial charge in [0.2, 0.25) is 10.0 Å². The number of hydrogen-bond donors (Lipinski definition) is 0. The number of carbonyl (C=O) groups excluding carboxylic acids is 1. The lowest BCUT2D eigenvalue weighted by Crippen LogP contribution is -2.34. The molecule has 10 heteroatoms. The van der Waals surface area contributed by atoms with Gasteiger partial charge >= 0.3 is 0 Å². The number of furan rings is 1. The van der Waals surface area contributed by atoms with E-state index < -0.39 is 10.0 Å². The molecule has 0 aliphatic carbocycles. The highest BCUT2D eigenvalue weighted by Crippen LogP contribution is 2.30. The molecule has 1 aromatic carbocycles. The van der Waals surface area contributed by atoms with Gasteiger partial charge in [0.1, 0.15) is 0 Å². The molecular formula is C19H20N4O4S2. The fourth-order valence-corrected chi connectivity index (χ4v) is 5.16. The summed E-state index contributed by atoms with van der Waals surface area (Å²) >= 11 is 1.30. The largest absolute Gasteiger partial charge is 0.461 e. The molecule has 0 unspecified atom stereocenters. The van der Waals surface area contributed by atoms with Crippen LogP contribution in [0.4, 0.5) is 5.69 Å². The van der Waals surface area contributed by atoms with Gasteiger partial charge in [0, 0.05) is 19.2 Å². The van der Waals surface area contributed by atoms with Gasteiger partial charge < -0.3 is 8.98 Å². The van der Waals surface area contributed by atoms with Crippen molar-refractivity contribution < 1.29 is 17.6 Å². The SMILES string of the molecule is Cn1c(SCC(=O)c2ccc3c(c2)CCCN3S(C)(=O)=O)nnc1-c1ccco1. The maximum absolute atomic E-state index is 12.7. The number of rotatable bonds is 6. The van der Waals surface area contributed by atoms with Crippen molar-refractivity contribution in [3.63, 3.8) is 0 Å². The van der Waals surface area contributed by atoms with Crippen molar-refractivity contribution in [2.45, 2.75) is 18.0 Å². The van der Waals surface area contributed by atoms with Crippen molar-refractivity contribution in [3.8, 4) is 11.6 Å². The molecule has 0 saturated heterocycles. The van der Waals surface area contributed by atoms with Crippen LogP contribution in [0.2, 0.25) is 0 Å². The molecule has 0 radical (unpaired) electrons. The molecule has 1 aliphatic heterocycles. The number of carbonyl (C=O) groups is 1. The Morgan fingerprint density at radius 3 is 2.83 bits per heavy atom. The number of thioether (sulfide) groups is 1. The summed E-state index contributed by atoms with van der Waals surface area (Å²) in [4.78, 5) is 12.7. The van der Waals surface area contributed by atoms with Gasteiger partial charge in [-0.25, -0.2) is 8.42 Å². The summed E-state index contributed by atoms with van der Waals surface area (Å²) in [5.41, 5.74) is 2.12. The Morgan fingerprint density at radius 2 is 2.10 bits per heavy atom. The number of anilines is 1. The zero-order valence-corrected chi connectivity index (χ0v) is 17.7. The summed E-state index contributed by atoms with van der Waals surface area (Å²) in [5, 5.41) is 8.87. The summed E-state index contributed by atoms with van der Waals surface area (Å²) in [7, 11) is -1.50. The zero-order chi connectivity index (χ0) is 20.6. The molecule has 0 bridgehead atoms. The fourth-order valence-electron chi connectivity index (χ4n) is 3.35. The van der Waals surface area contributed by atoms with Gasteiger partial charge in [-0.3, -0.25) is 9.10 Å². The van der Waals surface area contributed by atoms with Crippen molar-refractivity contribution in [2.24, 2.45) is 7.05 Å². The highest BCUT2D eigenvalue weighted by molar-refractivity contribution is 7.99. The van der Waals surface area contributed by atoms with E-state index in [4.69, 9.17) is 4.42 Å². The maximum Gasteiger partial charge on any atom is 0.232 e. The molecule has 8 nitrogen and oxygen atoms in total. The zero-order valence-electron chi connectivity index (χ0n) is 16.0. The van der Waals surface area contributed by atoms with Crippen LogP contribution in [-0.2, 0) is 23.5 Å². The highest BCUT2D eigenvalue weighted by Gasteiger charge is 2.25. The van der Waals surface area contributed by atoms with E-state index in [2.05, 4.69) is 10.2 Å². The van der Waals surface area contributed by atoms with Crippen LogP contribution >= 0.6 is 11.8 Å². The van der Waals surface area contributed by atoms with E-state index in [1.54, 1.807) is 41.2 Å². The van der Waals surface area contributed by atoms with Crippen LogP contribution in [0.3, 0.4) is 0 Å². The van der Waals surface area contributed by atoms with Gasteiger partial charge in [0.15, 0.2) is 22.5 Å². The number of benzene rings is 1. The van der Waals surface area contributed by atoms with Gasteiger partial charge in [0.25, 0.3) is 0 Å². The summed E-state index contributed by atoms with van der Waals surface area (Å²) in [6.07, 6.45) is 4.27. The first-order valence-electron chi connectivity index (χ1n) is 9.04. The van der Waals surface area contributed by atoms with E-state index in [-0.39, 0.29) is 11.5 Å². The average Bonchev–Trinajstić information content (AvgIpc) is 3.34. The number of fused-ring (bicyclic) bond motifs is 1. The predicted octanol–water partition coefficient (Wildman–Crippen LogP) is 2.76. The normalized spacial score (nSPS) is 14.1. The summed E-state index contributed by atoms with van der Waals surface area (Å²) in [5.74, 6) is 1.37. The number of Topliss-reactive ketones (excluding diaryl/α,β-unsaturated/α-hetero) is 1. The second-order valence-electron chi connectivity index (χ2n) is 6.84. The molecule has 4 rings (SSSR count). The monoisotopic (exact) mass is 432 g/mol. The summed E-state index contributed by atoms with van der Waals surface area (Å²) in [6, 6.07) is 8.80. The van der Waals surface area contributed by atoms with Gasteiger partial charge in [-0.15, -0.1) is 10.2 Å². The van der Waals surface area contributed by atoms with E-state index in [0.717, 1.165) is 18.4 Å². The van der Waals surface area contributed by atoms with Crippen LogP contribution in [0.5, 0.6) is 0 Å². The molecule has 0 fully saturated rings. The number of hydrogen-bond acceptors (Lipinski definition) is 7. The number of sulfonamides is 1. The lowest BCUT2D eigenvalue weighted by molar-refractivity contribution is 0.102. The van der Waals surface area contributed by atoms with Gasteiger partial charge in [-0.1, -0.05) is 11.8 Å². The molecule has 2 aromatic heterocycles. The standard InChI is InChI=1S/C19H20N4O4S2/c1-22-18(17-6-4-10-27-17)20-21-19(22)28-12-16(24)14-7-8-15-13(11-14)5-3-9-23(15)29(2,25)26/h4,6-8,10-11H,3,5,9,12H2,1-2H3. The van der Waals surface area contributed by atoms with E-state index in [1.165, 1.54) is 22.3 Å². The Bertz CT molecular complexity index is 1150. The van der Waals surface area contributed by atoms with Crippen LogP contribution in [0.1, 0.15) is 22.3 Å². The quantitative estimate of drug-likeness (QED) is 0.436. The lowest BCUT2D eigenvalue weighted by atomic mass is 9.99. The lowest BCUT2D eigenvalue weighted by Gasteiger charge is -2.29. The third-order valence-electron chi connectivity index (χ3n) is 4.79. The van der Waals surface area contributed by atoms with Crippen molar-refractivity contribution in [1.29, 1.82) is 0 Å². The van der Waals surface area contributed by atoms with Crippen LogP contribution < -0.4 is 4.31 Å². The van der Waals surface area contributed by atoms with Crippen molar-refractivity contribution in [2.75, 3.05) is 22.9 Å². The highest BCUT2D eigenvalue weighted by atomic mass is 32.2. The topological polar surface area (TPSA) is 98.3 Å². The predicted molar refractivity (Wildman–Crippen MR) is 111 cm³/mol. The third-order valence-corrected chi connectivity index (χ3v) is 6.99. The molecule has 152 valence electrons. The van der Waals surface area contributed by atoms with E-state index in [0.29, 0.717) is 34.5 Å². The Hall–Kier alpha value is -2.59. The minimum atomic E-state index is -3.32. The minimum Gasteiger partial charge on any atom is -0.461 e. The maximum atomic E-state index is 12.7. The van der Waals surface area contributed by atoms with E-state index in [1.807, 2.05) is 7.05 Å². The molecular weight excluding hydrogens is 412 g/mol. The van der Waals surface area contributed by atoms with Gasteiger partial charge in [-0.2, -0.15) is 0 Å². The van der Waals surface area contributed by atoms with E-state index in [9.17, 15) is 13.2 Å². The molecule has 29 heavy (non-hydrogen) atoms. The first-order chi connectivity index (χ1) is 13.8. The van der Waals surface area contributed by atoms with Gasteiger partial charge in [0.05, 0.1) is 24.0 Å². The Labute approximate surface area is 173 Å². The second kappa shape index (κ2) is 7.68. The Balaban J connectivity index is 1.49. The average molecular weight is 433 g/mol. The molecule has 0 spiro atoms. The second-order valence-corrected chi connectivity index (χ2v) is 9.69. The Morgan fingerprint density at radius 1 is 1.28 bits per heavy atom. The summed E-state index contributed by atoms with van der Waals surface area (Å²) in [6.45, 7) is 0.471. The molecule has 1 aliphatic rings. The molecule has 3 heterocycles. The number of nitrogens with zero attached hydrogens (tertiary/aromatic N) is 4. The molecule has 0 atom stereocenters. The molecule has 0 saturated carbocycles. The molecule has 0 amide bonds. The number of aromatic nitrogens is 3. The third kappa shape index (κ3) is 3.95. The minimum absolute atomic E-state index is 0.0446. The van der Waals surface area contributed by atoms with Crippen molar-refractivity contribution in [3.05, 3.63) is 47.7 Å². The van der Waals surface area contributed by atoms with Gasteiger partial charge in [-0.05, 0) is 48.7 Å². The first-order valence-corrected chi connectivity index (χ1v) is 11.9. The van der Waals surface area contributed by atoms with Crippen molar-refractivity contribution >= 4 is 33.3 Å². The summed E-state index contributed by atoms with van der Waals surface area (Å²) < 4.78 is 32.5. The molecule has 0 N–H and O–H groups in total. The van der Waals surface area contributed by atoms with Crippen LogP contribution in [0.15, 0.2) is 46.2 Å². The fraction of sp³-hybridized carbons (Fsp3) is 0.316. The molecule has 3 aromatic rings. The van der Waals surface area contributed by atoms with Crippen LogP contribution in [0, 0.1) is 0 Å². The van der Waals surface area contributed by atoms with E-state index >= 15 is 0 Å². The number of ketones is 1.